The number of ketones is 1. The monoisotopic (exact) mass is 322 g/mol. The molecule has 0 aromatic heterocycles. The third-order valence-corrected chi connectivity index (χ3v) is 3.16. The molecule has 4 nitrogen and oxygen atoms in total. The third kappa shape index (κ3) is 5.03. The molecule has 2 rings (SSSR count). The van der Waals surface area contributed by atoms with Crippen LogP contribution < -0.4 is 9.47 Å². The van der Waals surface area contributed by atoms with Crippen molar-refractivity contribution in [2.24, 2.45) is 0 Å². The van der Waals surface area contributed by atoms with Crippen LogP contribution in [0.5, 0.6) is 11.5 Å². The Morgan fingerprint density at radius 1 is 1.04 bits per heavy atom. The molecule has 0 fully saturated rings. The third-order valence-electron chi connectivity index (χ3n) is 3.16. The molecular formula is C17H16F2O4. The Hall–Kier alpha value is -2.47. The predicted molar refractivity (Wildman–Crippen MR) is 80.0 cm³/mol. The Balaban J connectivity index is 1.91. The highest BCUT2D eigenvalue weighted by atomic mass is 19.3. The molecule has 1 atom stereocenters. The maximum absolute atomic E-state index is 12.1. The van der Waals surface area contributed by atoms with Crippen molar-refractivity contribution >= 4 is 5.78 Å². The van der Waals surface area contributed by atoms with E-state index in [0.717, 1.165) is 0 Å². The highest BCUT2D eigenvalue weighted by molar-refractivity contribution is 5.94. The first-order chi connectivity index (χ1) is 11.0. The fourth-order valence-electron chi connectivity index (χ4n) is 1.93. The molecule has 0 aliphatic rings. The first kappa shape index (κ1) is 16.9. The van der Waals surface area contributed by atoms with Gasteiger partial charge in [0.15, 0.2) is 5.78 Å². The lowest BCUT2D eigenvalue weighted by atomic mass is 10.1. The SMILES string of the molecule is CC(=O)c1ccc(OCC(O)c2ccc(OC(F)F)cc2)cc1. The van der Waals surface area contributed by atoms with E-state index in [1.807, 2.05) is 0 Å². The van der Waals surface area contributed by atoms with Crippen molar-refractivity contribution in [3.05, 3.63) is 59.7 Å². The second-order valence-electron chi connectivity index (χ2n) is 4.85. The average Bonchev–Trinajstić information content (AvgIpc) is 2.53. The van der Waals surface area contributed by atoms with Crippen LogP contribution in [0.3, 0.4) is 0 Å². The minimum absolute atomic E-state index is 0.00549. The highest BCUT2D eigenvalue weighted by Gasteiger charge is 2.10. The van der Waals surface area contributed by atoms with Crippen molar-refractivity contribution in [2.75, 3.05) is 6.61 Å². The van der Waals surface area contributed by atoms with Crippen LogP contribution in [0.15, 0.2) is 48.5 Å². The van der Waals surface area contributed by atoms with Crippen LogP contribution in [0, 0.1) is 0 Å². The van der Waals surface area contributed by atoms with Crippen LogP contribution in [0.2, 0.25) is 0 Å². The minimum atomic E-state index is -2.88. The van der Waals surface area contributed by atoms with Crippen molar-refractivity contribution in [3.8, 4) is 11.5 Å². The normalized spacial score (nSPS) is 12.0. The predicted octanol–water partition coefficient (Wildman–Crippen LogP) is 3.60. The molecular weight excluding hydrogens is 306 g/mol. The average molecular weight is 322 g/mol. The Bertz CT molecular complexity index is 639. The van der Waals surface area contributed by atoms with Gasteiger partial charge in [0, 0.05) is 5.56 Å². The Labute approximate surface area is 132 Å². The summed E-state index contributed by atoms with van der Waals surface area (Å²) in [4.78, 5) is 11.2. The van der Waals surface area contributed by atoms with E-state index in [9.17, 15) is 18.7 Å². The number of hydrogen-bond acceptors (Lipinski definition) is 4. The maximum atomic E-state index is 12.1. The van der Waals surface area contributed by atoms with Gasteiger partial charge >= 0.3 is 6.61 Å². The first-order valence-corrected chi connectivity index (χ1v) is 6.92. The standard InChI is InChI=1S/C17H16F2O4/c1-11(20)12-2-6-14(7-3-12)22-10-16(21)13-4-8-15(9-5-13)23-17(18)19/h2-9,16-17,21H,10H2,1H3. The van der Waals surface area contributed by atoms with E-state index in [1.165, 1.54) is 31.2 Å². The zero-order valence-electron chi connectivity index (χ0n) is 12.4. The van der Waals surface area contributed by atoms with Gasteiger partial charge < -0.3 is 14.6 Å². The Kier molecular flexibility index (Phi) is 5.65. The number of hydrogen-bond donors (Lipinski definition) is 1. The molecule has 122 valence electrons. The smallest absolute Gasteiger partial charge is 0.387 e. The maximum Gasteiger partial charge on any atom is 0.387 e. The van der Waals surface area contributed by atoms with Gasteiger partial charge in [0.1, 0.15) is 24.2 Å². The lowest BCUT2D eigenvalue weighted by Gasteiger charge is -2.13. The van der Waals surface area contributed by atoms with E-state index in [0.29, 0.717) is 16.9 Å². The van der Waals surface area contributed by atoms with E-state index >= 15 is 0 Å². The molecule has 0 heterocycles. The van der Waals surface area contributed by atoms with E-state index < -0.39 is 12.7 Å². The Morgan fingerprint density at radius 2 is 1.61 bits per heavy atom. The highest BCUT2D eigenvalue weighted by Crippen LogP contribution is 2.21. The molecule has 1 N–H and O–H groups in total. The summed E-state index contributed by atoms with van der Waals surface area (Å²) in [5, 5.41) is 10.0. The molecule has 6 heteroatoms. The van der Waals surface area contributed by atoms with Crippen LogP contribution >= 0.6 is 0 Å². The van der Waals surface area contributed by atoms with E-state index in [4.69, 9.17) is 4.74 Å². The van der Waals surface area contributed by atoms with Gasteiger partial charge in [-0.2, -0.15) is 8.78 Å². The molecule has 0 aliphatic heterocycles. The molecule has 0 spiro atoms. The van der Waals surface area contributed by atoms with Gasteiger partial charge in [0.05, 0.1) is 0 Å². The van der Waals surface area contributed by atoms with Crippen molar-refractivity contribution in [1.82, 2.24) is 0 Å². The summed E-state index contributed by atoms with van der Waals surface area (Å²) in [5.74, 6) is 0.506. The number of ether oxygens (including phenoxy) is 2. The lowest BCUT2D eigenvalue weighted by Crippen LogP contribution is -2.10. The van der Waals surface area contributed by atoms with Crippen LogP contribution in [-0.2, 0) is 0 Å². The zero-order valence-corrected chi connectivity index (χ0v) is 12.4. The molecule has 1 unspecified atom stereocenters. The molecule has 0 saturated heterocycles. The summed E-state index contributed by atoms with van der Waals surface area (Å²) in [5.41, 5.74) is 1.10. The largest absolute Gasteiger partial charge is 0.491 e. The minimum Gasteiger partial charge on any atom is -0.491 e. The van der Waals surface area contributed by atoms with Gasteiger partial charge in [-0.1, -0.05) is 12.1 Å². The van der Waals surface area contributed by atoms with E-state index in [-0.39, 0.29) is 18.1 Å². The summed E-state index contributed by atoms with van der Waals surface area (Å²) in [7, 11) is 0. The second-order valence-corrected chi connectivity index (χ2v) is 4.85. The van der Waals surface area contributed by atoms with Gasteiger partial charge in [0.2, 0.25) is 0 Å². The van der Waals surface area contributed by atoms with Gasteiger partial charge in [-0.3, -0.25) is 4.79 Å². The fourth-order valence-corrected chi connectivity index (χ4v) is 1.93. The summed E-state index contributed by atoms with van der Waals surface area (Å²) in [6.07, 6.45) is -0.914. The van der Waals surface area contributed by atoms with Crippen molar-refractivity contribution < 1.29 is 28.2 Å². The lowest BCUT2D eigenvalue weighted by molar-refractivity contribution is -0.0498. The quantitative estimate of drug-likeness (QED) is 0.791. The van der Waals surface area contributed by atoms with Crippen LogP contribution in [-0.4, -0.2) is 24.1 Å². The number of alkyl halides is 2. The zero-order chi connectivity index (χ0) is 16.8. The fraction of sp³-hybridized carbons (Fsp3) is 0.235. The van der Waals surface area contributed by atoms with Crippen molar-refractivity contribution in [1.29, 1.82) is 0 Å². The van der Waals surface area contributed by atoms with Crippen LogP contribution in [0.4, 0.5) is 8.78 Å². The van der Waals surface area contributed by atoms with E-state index in [2.05, 4.69) is 4.74 Å². The van der Waals surface area contributed by atoms with Crippen molar-refractivity contribution in [3.63, 3.8) is 0 Å². The van der Waals surface area contributed by atoms with Gasteiger partial charge in [-0.25, -0.2) is 0 Å². The van der Waals surface area contributed by atoms with E-state index in [1.54, 1.807) is 24.3 Å². The number of aliphatic hydroxyl groups is 1. The van der Waals surface area contributed by atoms with Crippen molar-refractivity contribution in [2.45, 2.75) is 19.6 Å². The van der Waals surface area contributed by atoms with Gasteiger partial charge in [-0.15, -0.1) is 0 Å². The number of Topliss-reactive ketones (excluding diaryl/α,β-unsaturated/α-hetero) is 1. The molecule has 23 heavy (non-hydrogen) atoms. The molecule has 2 aromatic rings. The first-order valence-electron chi connectivity index (χ1n) is 6.92. The van der Waals surface area contributed by atoms with Gasteiger partial charge in [0.25, 0.3) is 0 Å². The summed E-state index contributed by atoms with van der Waals surface area (Å²) >= 11 is 0. The second kappa shape index (κ2) is 7.69. The number of carbonyl (C=O) groups is 1. The molecule has 0 radical (unpaired) electrons. The molecule has 0 aliphatic carbocycles. The number of rotatable bonds is 7. The number of halogens is 2. The summed E-state index contributed by atoms with van der Waals surface area (Å²) in [6, 6.07) is 12.3. The molecule has 0 amide bonds. The summed E-state index contributed by atoms with van der Waals surface area (Å²) < 4.78 is 33.8. The molecule has 0 saturated carbocycles. The van der Waals surface area contributed by atoms with Gasteiger partial charge in [-0.05, 0) is 48.9 Å². The number of benzene rings is 2. The topological polar surface area (TPSA) is 55.8 Å². The summed E-state index contributed by atoms with van der Waals surface area (Å²) in [6.45, 7) is -1.41. The molecule has 2 aromatic carbocycles. The van der Waals surface area contributed by atoms with Crippen LogP contribution in [0.25, 0.3) is 0 Å². The number of aliphatic hydroxyl groups excluding tert-OH is 1. The molecule has 0 bridgehead atoms. The Morgan fingerprint density at radius 3 is 2.13 bits per heavy atom. The van der Waals surface area contributed by atoms with Crippen LogP contribution in [0.1, 0.15) is 28.9 Å². The number of carbonyl (C=O) groups excluding carboxylic acids is 1.